The van der Waals surface area contributed by atoms with Crippen LogP contribution in [0.3, 0.4) is 0 Å². The van der Waals surface area contributed by atoms with Gasteiger partial charge in [0.2, 0.25) is 11.8 Å². The fourth-order valence-corrected chi connectivity index (χ4v) is 2.67. The summed E-state index contributed by atoms with van der Waals surface area (Å²) in [6, 6.07) is 6.15. The number of hydrogen-bond donors (Lipinski definition) is 1. The molecule has 1 aliphatic heterocycles. The first-order valence-electron chi connectivity index (χ1n) is 7.80. The van der Waals surface area contributed by atoms with Crippen LogP contribution in [0.2, 0.25) is 0 Å². The standard InChI is InChI=1S/C17H23FN2O2/c1-12(2)11-16(21)20-9-7-13(8-10-20)17(22)19-15-6-4-3-5-14(15)18/h3-6,12-13H,7-11H2,1-2H3,(H,19,22). The molecule has 0 radical (unpaired) electrons. The van der Waals surface area contributed by atoms with Gasteiger partial charge in [-0.15, -0.1) is 0 Å². The van der Waals surface area contributed by atoms with E-state index in [1.54, 1.807) is 18.2 Å². The van der Waals surface area contributed by atoms with Gasteiger partial charge >= 0.3 is 0 Å². The molecule has 1 aliphatic rings. The van der Waals surface area contributed by atoms with Crippen molar-refractivity contribution in [1.29, 1.82) is 0 Å². The first-order chi connectivity index (χ1) is 10.5. The maximum atomic E-state index is 13.5. The second-order valence-corrected chi connectivity index (χ2v) is 6.22. The van der Waals surface area contributed by atoms with Crippen molar-refractivity contribution in [3.63, 3.8) is 0 Å². The lowest BCUT2D eigenvalue weighted by molar-refractivity contribution is -0.135. The molecule has 1 fully saturated rings. The highest BCUT2D eigenvalue weighted by atomic mass is 19.1. The van der Waals surface area contributed by atoms with Crippen LogP contribution in [-0.2, 0) is 9.59 Å². The Bertz CT molecular complexity index is 537. The summed E-state index contributed by atoms with van der Waals surface area (Å²) in [5.41, 5.74) is 0.214. The van der Waals surface area contributed by atoms with Crippen LogP contribution >= 0.6 is 0 Å². The normalized spacial score (nSPS) is 15.9. The van der Waals surface area contributed by atoms with E-state index in [1.807, 2.05) is 18.7 Å². The Morgan fingerprint density at radius 1 is 1.27 bits per heavy atom. The topological polar surface area (TPSA) is 49.4 Å². The summed E-state index contributed by atoms with van der Waals surface area (Å²) >= 11 is 0. The van der Waals surface area contributed by atoms with Gasteiger partial charge < -0.3 is 10.2 Å². The summed E-state index contributed by atoms with van der Waals surface area (Å²) in [7, 11) is 0. The zero-order chi connectivity index (χ0) is 16.1. The zero-order valence-corrected chi connectivity index (χ0v) is 13.1. The maximum Gasteiger partial charge on any atom is 0.227 e. The van der Waals surface area contributed by atoms with E-state index in [0.29, 0.717) is 38.3 Å². The second-order valence-electron chi connectivity index (χ2n) is 6.22. The lowest BCUT2D eigenvalue weighted by Crippen LogP contribution is -2.41. The molecule has 1 aromatic rings. The maximum absolute atomic E-state index is 13.5. The highest BCUT2D eigenvalue weighted by Gasteiger charge is 2.27. The van der Waals surface area contributed by atoms with Crippen molar-refractivity contribution in [3.8, 4) is 0 Å². The number of para-hydroxylation sites is 1. The average molecular weight is 306 g/mol. The van der Waals surface area contributed by atoms with Gasteiger partial charge in [-0.1, -0.05) is 26.0 Å². The molecule has 5 heteroatoms. The Balaban J connectivity index is 1.85. The number of rotatable bonds is 4. The number of amides is 2. The molecule has 1 heterocycles. The molecule has 0 spiro atoms. The van der Waals surface area contributed by atoms with Crippen LogP contribution in [0.5, 0.6) is 0 Å². The third-order valence-electron chi connectivity index (χ3n) is 3.93. The van der Waals surface area contributed by atoms with Gasteiger partial charge in [-0.3, -0.25) is 9.59 Å². The summed E-state index contributed by atoms with van der Waals surface area (Å²) in [4.78, 5) is 26.0. The molecule has 0 aliphatic carbocycles. The van der Waals surface area contributed by atoms with Crippen molar-refractivity contribution >= 4 is 17.5 Å². The Morgan fingerprint density at radius 2 is 1.91 bits per heavy atom. The van der Waals surface area contributed by atoms with E-state index in [1.165, 1.54) is 6.07 Å². The molecule has 120 valence electrons. The quantitative estimate of drug-likeness (QED) is 0.929. The molecule has 1 saturated heterocycles. The number of carbonyl (C=O) groups is 2. The predicted octanol–water partition coefficient (Wildman–Crippen LogP) is 3.05. The number of benzene rings is 1. The monoisotopic (exact) mass is 306 g/mol. The van der Waals surface area contributed by atoms with Gasteiger partial charge in [0.25, 0.3) is 0 Å². The SMILES string of the molecule is CC(C)CC(=O)N1CCC(C(=O)Nc2ccccc2F)CC1. The summed E-state index contributed by atoms with van der Waals surface area (Å²) in [6.07, 6.45) is 1.81. The third-order valence-corrected chi connectivity index (χ3v) is 3.93. The number of nitrogens with zero attached hydrogens (tertiary/aromatic N) is 1. The molecular formula is C17H23FN2O2. The molecule has 0 aromatic heterocycles. The van der Waals surface area contributed by atoms with E-state index in [2.05, 4.69) is 5.32 Å². The number of halogens is 1. The first kappa shape index (κ1) is 16.5. The number of piperidine rings is 1. The van der Waals surface area contributed by atoms with Gasteiger partial charge in [0, 0.05) is 25.4 Å². The highest BCUT2D eigenvalue weighted by molar-refractivity contribution is 5.92. The van der Waals surface area contributed by atoms with Crippen LogP contribution in [-0.4, -0.2) is 29.8 Å². The molecule has 1 N–H and O–H groups in total. The van der Waals surface area contributed by atoms with E-state index in [0.717, 1.165) is 0 Å². The van der Waals surface area contributed by atoms with Crippen LogP contribution in [0.25, 0.3) is 0 Å². The van der Waals surface area contributed by atoms with Gasteiger partial charge in [0.05, 0.1) is 5.69 Å². The molecular weight excluding hydrogens is 283 g/mol. The molecule has 2 amide bonds. The Labute approximate surface area is 130 Å². The molecule has 0 unspecified atom stereocenters. The number of likely N-dealkylation sites (tertiary alicyclic amines) is 1. The number of hydrogen-bond acceptors (Lipinski definition) is 2. The summed E-state index contributed by atoms with van der Waals surface area (Å²) < 4.78 is 13.5. The van der Waals surface area contributed by atoms with Crippen molar-refractivity contribution < 1.29 is 14.0 Å². The van der Waals surface area contributed by atoms with Crippen LogP contribution in [0, 0.1) is 17.7 Å². The lowest BCUT2D eigenvalue weighted by Gasteiger charge is -2.31. The van der Waals surface area contributed by atoms with Gasteiger partial charge in [0.1, 0.15) is 5.82 Å². The number of anilines is 1. The van der Waals surface area contributed by atoms with E-state index >= 15 is 0 Å². The molecule has 0 atom stereocenters. The van der Waals surface area contributed by atoms with Crippen molar-refractivity contribution in [1.82, 2.24) is 4.90 Å². The molecule has 4 nitrogen and oxygen atoms in total. The minimum Gasteiger partial charge on any atom is -0.343 e. The minimum atomic E-state index is -0.430. The lowest BCUT2D eigenvalue weighted by atomic mass is 9.95. The van der Waals surface area contributed by atoms with Gasteiger partial charge in [-0.05, 0) is 30.9 Å². The van der Waals surface area contributed by atoms with E-state index in [4.69, 9.17) is 0 Å². The molecule has 0 saturated carbocycles. The largest absolute Gasteiger partial charge is 0.343 e. The Morgan fingerprint density at radius 3 is 2.50 bits per heavy atom. The predicted molar refractivity (Wildman–Crippen MR) is 83.8 cm³/mol. The van der Waals surface area contributed by atoms with Crippen molar-refractivity contribution in [2.75, 3.05) is 18.4 Å². The average Bonchev–Trinajstić information content (AvgIpc) is 2.49. The van der Waals surface area contributed by atoms with E-state index in [-0.39, 0.29) is 23.4 Å². The first-order valence-corrected chi connectivity index (χ1v) is 7.80. The van der Waals surface area contributed by atoms with E-state index in [9.17, 15) is 14.0 Å². The second kappa shape index (κ2) is 7.38. The molecule has 22 heavy (non-hydrogen) atoms. The highest BCUT2D eigenvalue weighted by Crippen LogP contribution is 2.21. The van der Waals surface area contributed by atoms with E-state index < -0.39 is 5.82 Å². The Kier molecular flexibility index (Phi) is 5.52. The smallest absolute Gasteiger partial charge is 0.227 e. The third kappa shape index (κ3) is 4.29. The number of carbonyl (C=O) groups excluding carboxylic acids is 2. The summed E-state index contributed by atoms with van der Waals surface area (Å²) in [5, 5.41) is 2.64. The van der Waals surface area contributed by atoms with Crippen LogP contribution in [0.4, 0.5) is 10.1 Å². The molecule has 0 bridgehead atoms. The Hall–Kier alpha value is -1.91. The van der Waals surface area contributed by atoms with Gasteiger partial charge in [-0.2, -0.15) is 0 Å². The zero-order valence-electron chi connectivity index (χ0n) is 13.1. The van der Waals surface area contributed by atoms with Crippen LogP contribution < -0.4 is 5.32 Å². The fraction of sp³-hybridized carbons (Fsp3) is 0.529. The fourth-order valence-electron chi connectivity index (χ4n) is 2.67. The summed E-state index contributed by atoms with van der Waals surface area (Å²) in [5.74, 6) is -0.262. The molecule has 2 rings (SSSR count). The van der Waals surface area contributed by atoms with Gasteiger partial charge in [-0.25, -0.2) is 4.39 Å². The van der Waals surface area contributed by atoms with Crippen LogP contribution in [0.1, 0.15) is 33.1 Å². The van der Waals surface area contributed by atoms with Crippen LogP contribution in [0.15, 0.2) is 24.3 Å². The molecule has 1 aromatic carbocycles. The van der Waals surface area contributed by atoms with Gasteiger partial charge in [0.15, 0.2) is 0 Å². The minimum absolute atomic E-state index is 0.156. The number of nitrogens with one attached hydrogen (secondary N) is 1. The van der Waals surface area contributed by atoms with Crippen molar-refractivity contribution in [2.24, 2.45) is 11.8 Å². The van der Waals surface area contributed by atoms with Crippen molar-refractivity contribution in [3.05, 3.63) is 30.1 Å². The van der Waals surface area contributed by atoms with Crippen molar-refractivity contribution in [2.45, 2.75) is 33.1 Å². The summed E-state index contributed by atoms with van der Waals surface area (Å²) in [6.45, 7) is 5.24.